The van der Waals surface area contributed by atoms with Gasteiger partial charge in [-0.2, -0.15) is 0 Å². The topological polar surface area (TPSA) is 41.5 Å². The van der Waals surface area contributed by atoms with Gasteiger partial charge in [0.1, 0.15) is 5.82 Å². The molecule has 23 heavy (non-hydrogen) atoms. The van der Waals surface area contributed by atoms with Crippen molar-refractivity contribution in [3.05, 3.63) is 47.1 Å². The zero-order valence-electron chi connectivity index (χ0n) is 13.2. The van der Waals surface area contributed by atoms with Crippen molar-refractivity contribution in [3.63, 3.8) is 0 Å². The average Bonchev–Trinajstić information content (AvgIpc) is 3.04. The van der Waals surface area contributed by atoms with Gasteiger partial charge in [-0.1, -0.05) is 12.1 Å². The van der Waals surface area contributed by atoms with Gasteiger partial charge in [0.05, 0.1) is 5.60 Å². The first kappa shape index (κ1) is 16.6. The summed E-state index contributed by atoms with van der Waals surface area (Å²) in [4.78, 5) is 2.33. The van der Waals surface area contributed by atoms with Gasteiger partial charge < -0.3 is 15.2 Å². The van der Waals surface area contributed by atoms with Crippen molar-refractivity contribution in [3.8, 4) is 10.4 Å². The Morgan fingerprint density at radius 2 is 1.91 bits per heavy atom. The second kappa shape index (κ2) is 7.09. The summed E-state index contributed by atoms with van der Waals surface area (Å²) < 4.78 is 18.3. The van der Waals surface area contributed by atoms with Crippen molar-refractivity contribution in [1.82, 2.24) is 5.32 Å². The molecular formula is C18H22FNO2S. The predicted molar refractivity (Wildman–Crippen MR) is 91.1 cm³/mol. The van der Waals surface area contributed by atoms with Gasteiger partial charge in [0.25, 0.3) is 0 Å². The number of hydrogen-bond donors (Lipinski definition) is 2. The number of rotatable bonds is 5. The molecule has 2 aromatic rings. The first-order valence-electron chi connectivity index (χ1n) is 7.95. The molecule has 1 unspecified atom stereocenters. The Kier molecular flexibility index (Phi) is 5.11. The second-order valence-electron chi connectivity index (χ2n) is 6.15. The van der Waals surface area contributed by atoms with Crippen LogP contribution in [0, 0.1) is 5.82 Å². The molecule has 1 atom stereocenters. The van der Waals surface area contributed by atoms with Gasteiger partial charge in [-0.3, -0.25) is 0 Å². The minimum absolute atomic E-state index is 0.168. The molecule has 124 valence electrons. The first-order valence-corrected chi connectivity index (χ1v) is 8.77. The van der Waals surface area contributed by atoms with Crippen molar-refractivity contribution in [2.24, 2.45) is 0 Å². The summed E-state index contributed by atoms with van der Waals surface area (Å²) >= 11 is 1.69. The standard InChI is InChI=1S/C18H22FNO2S/c1-13(20-12-18(21)8-10-22-11-9-18)16-6-7-17(23-16)14-2-4-15(19)5-3-14/h2-7,13,20-21H,8-12H2,1H3. The molecule has 1 aliphatic rings. The molecule has 2 N–H and O–H groups in total. The Balaban J connectivity index is 1.62. The Bertz CT molecular complexity index is 635. The summed E-state index contributed by atoms with van der Waals surface area (Å²) in [6.45, 7) is 3.92. The summed E-state index contributed by atoms with van der Waals surface area (Å²) in [5.41, 5.74) is 0.363. The SMILES string of the molecule is CC(NCC1(O)CCOCC1)c1ccc(-c2ccc(F)cc2)s1. The van der Waals surface area contributed by atoms with Gasteiger partial charge in [0.15, 0.2) is 0 Å². The van der Waals surface area contributed by atoms with E-state index in [1.165, 1.54) is 17.0 Å². The largest absolute Gasteiger partial charge is 0.388 e. The molecule has 0 bridgehead atoms. The van der Waals surface area contributed by atoms with E-state index in [2.05, 4.69) is 24.4 Å². The molecule has 0 spiro atoms. The van der Waals surface area contributed by atoms with E-state index >= 15 is 0 Å². The number of thiophene rings is 1. The molecule has 0 radical (unpaired) electrons. The van der Waals surface area contributed by atoms with Crippen LogP contribution in [-0.2, 0) is 4.74 Å². The number of benzene rings is 1. The lowest BCUT2D eigenvalue weighted by atomic mass is 9.94. The fraction of sp³-hybridized carbons (Fsp3) is 0.444. The summed E-state index contributed by atoms with van der Waals surface area (Å²) in [5, 5.41) is 13.9. The fourth-order valence-corrected chi connectivity index (χ4v) is 3.77. The van der Waals surface area contributed by atoms with Crippen LogP contribution in [0.3, 0.4) is 0 Å². The molecule has 0 aliphatic carbocycles. The van der Waals surface area contributed by atoms with Crippen LogP contribution in [0.25, 0.3) is 10.4 Å². The van der Waals surface area contributed by atoms with E-state index in [0.29, 0.717) is 32.6 Å². The van der Waals surface area contributed by atoms with E-state index in [1.807, 2.05) is 0 Å². The highest BCUT2D eigenvalue weighted by molar-refractivity contribution is 7.15. The van der Waals surface area contributed by atoms with Crippen molar-refractivity contribution in [2.45, 2.75) is 31.4 Å². The third-order valence-corrected chi connectivity index (χ3v) is 5.66. The summed E-state index contributed by atoms with van der Waals surface area (Å²) in [5.74, 6) is -0.217. The van der Waals surface area contributed by atoms with Crippen LogP contribution in [-0.4, -0.2) is 30.5 Å². The van der Waals surface area contributed by atoms with E-state index in [-0.39, 0.29) is 11.9 Å². The average molecular weight is 335 g/mol. The molecule has 1 saturated heterocycles. The normalized spacial score (nSPS) is 18.7. The minimum atomic E-state index is -0.663. The molecule has 1 aromatic carbocycles. The molecule has 3 rings (SSSR count). The maximum atomic E-state index is 13.0. The van der Waals surface area contributed by atoms with Crippen LogP contribution in [0.1, 0.15) is 30.7 Å². The highest BCUT2D eigenvalue weighted by Gasteiger charge is 2.30. The van der Waals surface area contributed by atoms with Crippen molar-refractivity contribution < 1.29 is 14.2 Å². The zero-order valence-corrected chi connectivity index (χ0v) is 14.0. The molecule has 1 aliphatic heterocycles. The smallest absolute Gasteiger partial charge is 0.123 e. The maximum absolute atomic E-state index is 13.0. The molecule has 3 nitrogen and oxygen atoms in total. The molecule has 1 fully saturated rings. The van der Waals surface area contributed by atoms with E-state index in [4.69, 9.17) is 4.74 Å². The quantitative estimate of drug-likeness (QED) is 0.874. The number of nitrogens with one attached hydrogen (secondary N) is 1. The Hall–Kier alpha value is -1.27. The van der Waals surface area contributed by atoms with Crippen molar-refractivity contribution >= 4 is 11.3 Å². The first-order chi connectivity index (χ1) is 11.1. The van der Waals surface area contributed by atoms with Crippen molar-refractivity contribution in [2.75, 3.05) is 19.8 Å². The zero-order chi connectivity index (χ0) is 16.3. The minimum Gasteiger partial charge on any atom is -0.388 e. The van der Waals surface area contributed by atoms with Crippen LogP contribution in [0.2, 0.25) is 0 Å². The van der Waals surface area contributed by atoms with Crippen LogP contribution < -0.4 is 5.32 Å². The summed E-state index contributed by atoms with van der Waals surface area (Å²) in [6, 6.07) is 10.9. The lowest BCUT2D eigenvalue weighted by molar-refractivity contribution is -0.0625. The Labute approximate surface area is 140 Å². The monoisotopic (exact) mass is 335 g/mol. The number of halogens is 1. The highest BCUT2D eigenvalue weighted by atomic mass is 32.1. The summed E-state index contributed by atoms with van der Waals surface area (Å²) in [6.07, 6.45) is 1.36. The van der Waals surface area contributed by atoms with Crippen LogP contribution >= 0.6 is 11.3 Å². The van der Waals surface area contributed by atoms with Gasteiger partial charge in [-0.05, 0) is 36.8 Å². The molecule has 0 saturated carbocycles. The third-order valence-electron chi connectivity index (χ3n) is 4.34. The molecule has 2 heterocycles. The number of hydrogen-bond acceptors (Lipinski definition) is 4. The van der Waals surface area contributed by atoms with Gasteiger partial charge in [-0.25, -0.2) is 4.39 Å². The van der Waals surface area contributed by atoms with Gasteiger partial charge in [0.2, 0.25) is 0 Å². The molecule has 5 heteroatoms. The number of aliphatic hydroxyl groups is 1. The lowest BCUT2D eigenvalue weighted by Gasteiger charge is -2.33. The van der Waals surface area contributed by atoms with Gasteiger partial charge in [0, 0.05) is 48.4 Å². The molecule has 0 amide bonds. The van der Waals surface area contributed by atoms with E-state index in [9.17, 15) is 9.50 Å². The van der Waals surface area contributed by atoms with Crippen LogP contribution in [0.4, 0.5) is 4.39 Å². The molecular weight excluding hydrogens is 313 g/mol. The lowest BCUT2D eigenvalue weighted by Crippen LogP contribution is -2.45. The predicted octanol–water partition coefficient (Wildman–Crippen LogP) is 3.75. The highest BCUT2D eigenvalue weighted by Crippen LogP contribution is 2.32. The third kappa shape index (κ3) is 4.18. The van der Waals surface area contributed by atoms with Crippen molar-refractivity contribution in [1.29, 1.82) is 0 Å². The van der Waals surface area contributed by atoms with Gasteiger partial charge >= 0.3 is 0 Å². The van der Waals surface area contributed by atoms with E-state index in [1.54, 1.807) is 23.5 Å². The molecule has 1 aromatic heterocycles. The second-order valence-corrected chi connectivity index (χ2v) is 7.26. The van der Waals surface area contributed by atoms with Crippen LogP contribution in [0.5, 0.6) is 0 Å². The van der Waals surface area contributed by atoms with E-state index in [0.717, 1.165) is 10.4 Å². The summed E-state index contributed by atoms with van der Waals surface area (Å²) in [7, 11) is 0. The fourth-order valence-electron chi connectivity index (χ4n) is 2.73. The Morgan fingerprint density at radius 3 is 2.61 bits per heavy atom. The Morgan fingerprint density at radius 1 is 1.22 bits per heavy atom. The maximum Gasteiger partial charge on any atom is 0.123 e. The van der Waals surface area contributed by atoms with Gasteiger partial charge in [-0.15, -0.1) is 11.3 Å². The van der Waals surface area contributed by atoms with Crippen LogP contribution in [0.15, 0.2) is 36.4 Å². The number of ether oxygens (including phenoxy) is 1. The van der Waals surface area contributed by atoms with E-state index < -0.39 is 5.60 Å².